The summed E-state index contributed by atoms with van der Waals surface area (Å²) in [4.78, 5) is 0. The molecule has 1 aliphatic rings. The van der Waals surface area contributed by atoms with Crippen molar-refractivity contribution in [2.45, 2.75) is 18.4 Å². The largest absolute Gasteiger partial charge is 0.388 e. The standard InChI is InChI=1S/C15H12ClFO/c16-10-3-6-12-13(8-15(18)14(12)7-10)9-1-4-11(17)5-2-9/h1-7,13,15,18H,8H2. The highest BCUT2D eigenvalue weighted by atomic mass is 35.5. The highest BCUT2D eigenvalue weighted by molar-refractivity contribution is 6.30. The van der Waals surface area contributed by atoms with Gasteiger partial charge in [-0.3, -0.25) is 0 Å². The molecule has 0 spiro atoms. The Labute approximate surface area is 110 Å². The molecule has 3 rings (SSSR count). The van der Waals surface area contributed by atoms with Gasteiger partial charge in [0.15, 0.2) is 0 Å². The number of aliphatic hydroxyl groups excluding tert-OH is 1. The molecule has 0 bridgehead atoms. The summed E-state index contributed by atoms with van der Waals surface area (Å²) in [6, 6.07) is 12.0. The molecule has 2 aromatic rings. The minimum atomic E-state index is -0.492. The van der Waals surface area contributed by atoms with Crippen LogP contribution in [0.4, 0.5) is 4.39 Å². The molecule has 0 saturated carbocycles. The van der Waals surface area contributed by atoms with Crippen LogP contribution in [0.3, 0.4) is 0 Å². The van der Waals surface area contributed by atoms with Crippen LogP contribution < -0.4 is 0 Å². The Hall–Kier alpha value is -1.38. The lowest BCUT2D eigenvalue weighted by Gasteiger charge is -2.11. The molecule has 18 heavy (non-hydrogen) atoms. The van der Waals surface area contributed by atoms with Gasteiger partial charge in [-0.1, -0.05) is 29.8 Å². The number of aliphatic hydroxyl groups is 1. The van der Waals surface area contributed by atoms with Crippen LogP contribution >= 0.6 is 11.6 Å². The van der Waals surface area contributed by atoms with E-state index in [0.717, 1.165) is 16.7 Å². The van der Waals surface area contributed by atoms with Gasteiger partial charge in [-0.2, -0.15) is 0 Å². The number of fused-ring (bicyclic) bond motifs is 1. The molecule has 1 N–H and O–H groups in total. The molecule has 0 heterocycles. The molecule has 0 aromatic heterocycles. The van der Waals surface area contributed by atoms with Crippen LogP contribution in [-0.4, -0.2) is 5.11 Å². The number of benzene rings is 2. The van der Waals surface area contributed by atoms with Crippen LogP contribution in [-0.2, 0) is 0 Å². The van der Waals surface area contributed by atoms with Gasteiger partial charge in [0, 0.05) is 10.9 Å². The van der Waals surface area contributed by atoms with Gasteiger partial charge in [0.25, 0.3) is 0 Å². The van der Waals surface area contributed by atoms with E-state index in [4.69, 9.17) is 11.6 Å². The normalized spacial score (nSPS) is 21.9. The van der Waals surface area contributed by atoms with Gasteiger partial charge in [0.05, 0.1) is 6.10 Å². The van der Waals surface area contributed by atoms with Crippen LogP contribution in [0.15, 0.2) is 42.5 Å². The summed E-state index contributed by atoms with van der Waals surface area (Å²) >= 11 is 5.94. The lowest BCUT2D eigenvalue weighted by molar-refractivity contribution is 0.176. The van der Waals surface area contributed by atoms with Gasteiger partial charge in [-0.05, 0) is 47.4 Å². The van der Waals surface area contributed by atoms with Gasteiger partial charge in [-0.25, -0.2) is 4.39 Å². The molecule has 92 valence electrons. The predicted molar refractivity (Wildman–Crippen MR) is 69.3 cm³/mol. The highest BCUT2D eigenvalue weighted by Gasteiger charge is 2.30. The summed E-state index contributed by atoms with van der Waals surface area (Å²) in [5.41, 5.74) is 2.99. The maximum atomic E-state index is 12.9. The van der Waals surface area contributed by atoms with Gasteiger partial charge >= 0.3 is 0 Å². The molecule has 0 aliphatic heterocycles. The topological polar surface area (TPSA) is 20.2 Å². The zero-order valence-corrected chi connectivity index (χ0v) is 10.4. The zero-order chi connectivity index (χ0) is 12.7. The van der Waals surface area contributed by atoms with Gasteiger partial charge < -0.3 is 5.11 Å². The van der Waals surface area contributed by atoms with E-state index in [1.807, 2.05) is 18.2 Å². The van der Waals surface area contributed by atoms with Crippen molar-refractivity contribution in [3.05, 3.63) is 70.0 Å². The Morgan fingerprint density at radius 3 is 2.50 bits per heavy atom. The molecule has 2 aromatic carbocycles. The number of hydrogen-bond donors (Lipinski definition) is 1. The molecule has 2 atom stereocenters. The van der Waals surface area contributed by atoms with E-state index in [1.54, 1.807) is 12.1 Å². The third-order valence-corrected chi connectivity index (χ3v) is 3.75. The van der Waals surface area contributed by atoms with Gasteiger partial charge in [0.1, 0.15) is 5.82 Å². The van der Waals surface area contributed by atoms with E-state index >= 15 is 0 Å². The highest BCUT2D eigenvalue weighted by Crippen LogP contribution is 2.44. The van der Waals surface area contributed by atoms with Crippen LogP contribution in [0.5, 0.6) is 0 Å². The monoisotopic (exact) mass is 262 g/mol. The van der Waals surface area contributed by atoms with E-state index < -0.39 is 6.10 Å². The summed E-state index contributed by atoms with van der Waals surface area (Å²) in [6.45, 7) is 0. The fraction of sp³-hybridized carbons (Fsp3) is 0.200. The van der Waals surface area contributed by atoms with Crippen LogP contribution in [0.2, 0.25) is 5.02 Å². The fourth-order valence-corrected chi connectivity index (χ4v) is 2.82. The van der Waals surface area contributed by atoms with Crippen LogP contribution in [0.25, 0.3) is 0 Å². The average molecular weight is 263 g/mol. The third-order valence-electron chi connectivity index (χ3n) is 3.51. The molecule has 0 amide bonds. The first-order valence-corrected chi connectivity index (χ1v) is 6.26. The quantitative estimate of drug-likeness (QED) is 0.822. The fourth-order valence-electron chi connectivity index (χ4n) is 2.64. The summed E-state index contributed by atoms with van der Waals surface area (Å²) in [5.74, 6) is -0.124. The summed E-state index contributed by atoms with van der Waals surface area (Å²) in [6.07, 6.45) is 0.134. The SMILES string of the molecule is OC1CC(c2ccc(F)cc2)c2ccc(Cl)cc21. The maximum absolute atomic E-state index is 12.9. The van der Waals surface area contributed by atoms with Crippen molar-refractivity contribution in [2.75, 3.05) is 0 Å². The molecular weight excluding hydrogens is 251 g/mol. The minimum Gasteiger partial charge on any atom is -0.388 e. The van der Waals surface area contributed by atoms with Crippen molar-refractivity contribution in [1.29, 1.82) is 0 Å². The van der Waals surface area contributed by atoms with Crippen molar-refractivity contribution in [2.24, 2.45) is 0 Å². The lowest BCUT2D eigenvalue weighted by Crippen LogP contribution is -1.96. The zero-order valence-electron chi connectivity index (χ0n) is 9.61. The average Bonchev–Trinajstić information content (AvgIpc) is 2.68. The molecule has 1 aliphatic carbocycles. The lowest BCUT2D eigenvalue weighted by atomic mass is 9.93. The van der Waals surface area contributed by atoms with E-state index in [2.05, 4.69) is 0 Å². The van der Waals surface area contributed by atoms with Gasteiger partial charge in [0.2, 0.25) is 0 Å². The van der Waals surface area contributed by atoms with Crippen molar-refractivity contribution in [3.8, 4) is 0 Å². The number of halogens is 2. The number of hydrogen-bond acceptors (Lipinski definition) is 1. The van der Waals surface area contributed by atoms with Crippen LogP contribution in [0, 0.1) is 5.82 Å². The van der Waals surface area contributed by atoms with Crippen molar-refractivity contribution in [3.63, 3.8) is 0 Å². The Balaban J connectivity index is 2.05. The van der Waals surface area contributed by atoms with E-state index in [0.29, 0.717) is 11.4 Å². The first-order valence-electron chi connectivity index (χ1n) is 5.88. The van der Waals surface area contributed by atoms with Crippen molar-refractivity contribution >= 4 is 11.6 Å². The summed E-state index contributed by atoms with van der Waals surface area (Å²) in [7, 11) is 0. The molecule has 3 heteroatoms. The van der Waals surface area contributed by atoms with E-state index in [-0.39, 0.29) is 11.7 Å². The molecule has 0 saturated heterocycles. The second-order valence-corrected chi connectivity index (χ2v) is 5.07. The van der Waals surface area contributed by atoms with E-state index in [9.17, 15) is 9.50 Å². The first kappa shape index (κ1) is 11.7. The maximum Gasteiger partial charge on any atom is 0.123 e. The summed E-state index contributed by atoms with van der Waals surface area (Å²) < 4.78 is 12.9. The summed E-state index contributed by atoms with van der Waals surface area (Å²) in [5, 5.41) is 10.7. The third kappa shape index (κ3) is 1.92. The first-order chi connectivity index (χ1) is 8.65. The Bertz CT molecular complexity index is 580. The predicted octanol–water partition coefficient (Wildman–Crippen LogP) is 4.05. The second kappa shape index (κ2) is 4.38. The Morgan fingerprint density at radius 2 is 1.78 bits per heavy atom. The number of rotatable bonds is 1. The van der Waals surface area contributed by atoms with Gasteiger partial charge in [-0.15, -0.1) is 0 Å². The van der Waals surface area contributed by atoms with Crippen molar-refractivity contribution in [1.82, 2.24) is 0 Å². The van der Waals surface area contributed by atoms with Crippen LogP contribution in [0.1, 0.15) is 35.1 Å². The molecule has 2 unspecified atom stereocenters. The minimum absolute atomic E-state index is 0.118. The molecule has 0 fully saturated rings. The van der Waals surface area contributed by atoms with E-state index in [1.165, 1.54) is 12.1 Å². The smallest absolute Gasteiger partial charge is 0.123 e. The Morgan fingerprint density at radius 1 is 1.06 bits per heavy atom. The molecular formula is C15H12ClFO. The molecule has 1 nitrogen and oxygen atoms in total. The second-order valence-electron chi connectivity index (χ2n) is 4.63. The Kier molecular flexibility index (Phi) is 2.84. The molecule has 0 radical (unpaired) electrons. The van der Waals surface area contributed by atoms with Crippen molar-refractivity contribution < 1.29 is 9.50 Å².